The number of hydrogen-bond donors (Lipinski definition) is 0. The highest BCUT2D eigenvalue weighted by molar-refractivity contribution is 9.10. The van der Waals surface area contributed by atoms with Gasteiger partial charge in [0.05, 0.1) is 16.2 Å². The van der Waals surface area contributed by atoms with Crippen molar-refractivity contribution in [3.63, 3.8) is 0 Å². The van der Waals surface area contributed by atoms with Gasteiger partial charge in [-0.2, -0.15) is 0 Å². The quantitative estimate of drug-likeness (QED) is 0.635. The first-order chi connectivity index (χ1) is 10.5. The Morgan fingerprint density at radius 2 is 1.95 bits per heavy atom. The van der Waals surface area contributed by atoms with Gasteiger partial charge in [0, 0.05) is 16.1 Å². The zero-order valence-electron chi connectivity index (χ0n) is 12.2. The molecule has 0 amide bonds. The van der Waals surface area contributed by atoms with E-state index in [-0.39, 0.29) is 5.69 Å². The molecule has 0 atom stereocenters. The van der Waals surface area contributed by atoms with Crippen molar-refractivity contribution >= 4 is 38.4 Å². The third-order valence-corrected chi connectivity index (χ3v) is 4.81. The van der Waals surface area contributed by atoms with Crippen LogP contribution in [0.5, 0.6) is 0 Å². The Labute approximate surface area is 141 Å². The molecule has 0 aliphatic carbocycles. The van der Waals surface area contributed by atoms with Crippen LogP contribution < -0.4 is 5.69 Å². The van der Waals surface area contributed by atoms with Crippen molar-refractivity contribution in [3.8, 4) is 5.69 Å². The van der Waals surface area contributed by atoms with Crippen molar-refractivity contribution in [2.45, 2.75) is 19.8 Å². The van der Waals surface area contributed by atoms with Crippen molar-refractivity contribution in [2.24, 2.45) is 0 Å². The molecule has 0 aliphatic rings. The minimum absolute atomic E-state index is 0.296. The first-order valence-corrected chi connectivity index (χ1v) is 8.12. The number of hydrogen-bond acceptors (Lipinski definition) is 2. The van der Waals surface area contributed by atoms with Crippen LogP contribution in [0, 0.1) is 0 Å². The van der Waals surface area contributed by atoms with Crippen LogP contribution >= 0.6 is 27.5 Å². The van der Waals surface area contributed by atoms with E-state index in [1.165, 1.54) is 0 Å². The van der Waals surface area contributed by atoms with Crippen molar-refractivity contribution in [1.29, 1.82) is 0 Å². The maximum absolute atomic E-state index is 12.4. The molecule has 3 nitrogen and oxygen atoms in total. The summed E-state index contributed by atoms with van der Waals surface area (Å²) in [5.41, 5.74) is 2.44. The Morgan fingerprint density at radius 1 is 1.23 bits per heavy atom. The van der Waals surface area contributed by atoms with Gasteiger partial charge in [-0.3, -0.25) is 4.57 Å². The number of para-hydroxylation sites is 1. The van der Waals surface area contributed by atoms with Crippen LogP contribution in [0.3, 0.4) is 0 Å². The average molecular weight is 378 g/mol. The highest BCUT2D eigenvalue weighted by atomic mass is 79.9. The lowest BCUT2D eigenvalue weighted by molar-refractivity contribution is 0.837. The summed E-state index contributed by atoms with van der Waals surface area (Å²) in [5.74, 6) is 0.300. The first-order valence-electron chi connectivity index (χ1n) is 6.95. The topological polar surface area (TPSA) is 34.9 Å². The van der Waals surface area contributed by atoms with Crippen LogP contribution in [0.15, 0.2) is 51.9 Å². The highest BCUT2D eigenvalue weighted by Crippen LogP contribution is 2.30. The number of benzene rings is 2. The van der Waals surface area contributed by atoms with Gasteiger partial charge in [-0.25, -0.2) is 9.78 Å². The minimum atomic E-state index is -0.296. The van der Waals surface area contributed by atoms with Crippen molar-refractivity contribution in [2.75, 3.05) is 0 Å². The predicted molar refractivity (Wildman–Crippen MR) is 94.1 cm³/mol. The van der Waals surface area contributed by atoms with E-state index in [0.29, 0.717) is 10.9 Å². The molecule has 0 saturated carbocycles. The SMILES string of the molecule is CC(C)c1ccccc1-n1c(=O)ncc2cc(Cl)c(Br)cc21. The van der Waals surface area contributed by atoms with E-state index in [2.05, 4.69) is 34.8 Å². The molecule has 112 valence electrons. The first kappa shape index (κ1) is 15.3. The summed E-state index contributed by atoms with van der Waals surface area (Å²) in [6, 6.07) is 11.6. The second-order valence-corrected chi connectivity index (χ2v) is 6.68. The smallest absolute Gasteiger partial charge is 0.260 e. The molecule has 3 rings (SSSR count). The van der Waals surface area contributed by atoms with E-state index in [9.17, 15) is 4.79 Å². The summed E-state index contributed by atoms with van der Waals surface area (Å²) in [4.78, 5) is 16.4. The van der Waals surface area contributed by atoms with E-state index >= 15 is 0 Å². The molecular weight excluding hydrogens is 364 g/mol. The largest absolute Gasteiger partial charge is 0.352 e. The maximum Gasteiger partial charge on any atom is 0.352 e. The maximum atomic E-state index is 12.4. The molecule has 2 aromatic carbocycles. The molecule has 3 aromatic rings. The summed E-state index contributed by atoms with van der Waals surface area (Å²) in [5, 5.41) is 1.42. The average Bonchev–Trinajstić information content (AvgIpc) is 2.49. The van der Waals surface area contributed by atoms with E-state index < -0.39 is 0 Å². The molecule has 0 radical (unpaired) electrons. The molecule has 0 aliphatic heterocycles. The van der Waals surface area contributed by atoms with Crippen molar-refractivity contribution < 1.29 is 0 Å². The molecule has 1 aromatic heterocycles. The van der Waals surface area contributed by atoms with Gasteiger partial charge in [0.15, 0.2) is 0 Å². The normalized spacial score (nSPS) is 11.3. The number of nitrogens with zero attached hydrogens (tertiary/aromatic N) is 2. The summed E-state index contributed by atoms with van der Waals surface area (Å²) >= 11 is 9.57. The van der Waals surface area contributed by atoms with Gasteiger partial charge in [0.25, 0.3) is 0 Å². The fraction of sp³-hybridized carbons (Fsp3) is 0.176. The van der Waals surface area contributed by atoms with Gasteiger partial charge < -0.3 is 0 Å². The number of fused-ring (bicyclic) bond motifs is 1. The molecule has 0 spiro atoms. The van der Waals surface area contributed by atoms with Crippen LogP contribution in [-0.4, -0.2) is 9.55 Å². The third kappa shape index (κ3) is 2.57. The third-order valence-electron chi connectivity index (χ3n) is 3.62. The van der Waals surface area contributed by atoms with Gasteiger partial charge in [-0.15, -0.1) is 0 Å². The Morgan fingerprint density at radius 3 is 2.68 bits per heavy atom. The predicted octanol–water partition coefficient (Wildman–Crippen LogP) is 4.93. The zero-order chi connectivity index (χ0) is 15.9. The standard InChI is InChI=1S/C17H14BrClN2O/c1-10(2)12-5-3-4-6-15(12)21-16-8-13(18)14(19)7-11(16)9-20-17(21)22/h3-10H,1-2H3. The molecule has 0 bridgehead atoms. The van der Waals surface area contributed by atoms with Crippen molar-refractivity contribution in [3.05, 3.63) is 68.1 Å². The fourth-order valence-electron chi connectivity index (χ4n) is 2.55. The Hall–Kier alpha value is -1.65. The summed E-state index contributed by atoms with van der Waals surface area (Å²) in [7, 11) is 0. The lowest BCUT2D eigenvalue weighted by Gasteiger charge is -2.16. The highest BCUT2D eigenvalue weighted by Gasteiger charge is 2.13. The van der Waals surface area contributed by atoms with Crippen LogP contribution in [0.1, 0.15) is 25.3 Å². The van der Waals surface area contributed by atoms with E-state index in [4.69, 9.17) is 11.6 Å². The van der Waals surface area contributed by atoms with Crippen LogP contribution in [-0.2, 0) is 0 Å². The molecule has 0 saturated heterocycles. The second kappa shape index (κ2) is 5.86. The van der Waals surface area contributed by atoms with Crippen LogP contribution in [0.2, 0.25) is 5.02 Å². The molecule has 0 fully saturated rings. The molecule has 0 N–H and O–H groups in total. The summed E-state index contributed by atoms with van der Waals surface area (Å²) in [6.45, 7) is 4.21. The summed E-state index contributed by atoms with van der Waals surface area (Å²) in [6.07, 6.45) is 1.56. The Bertz CT molecular complexity index is 918. The lowest BCUT2D eigenvalue weighted by atomic mass is 10.0. The number of aromatic nitrogens is 2. The Balaban J connectivity index is 2.43. The molecular formula is C17H14BrClN2O. The molecule has 5 heteroatoms. The van der Waals surface area contributed by atoms with Crippen LogP contribution in [0.25, 0.3) is 16.6 Å². The van der Waals surface area contributed by atoms with Gasteiger partial charge in [0.1, 0.15) is 0 Å². The Kier molecular flexibility index (Phi) is 4.06. The zero-order valence-corrected chi connectivity index (χ0v) is 14.5. The number of rotatable bonds is 2. The fourth-order valence-corrected chi connectivity index (χ4v) is 3.05. The monoisotopic (exact) mass is 376 g/mol. The van der Waals surface area contributed by atoms with Gasteiger partial charge in [-0.1, -0.05) is 43.6 Å². The van der Waals surface area contributed by atoms with Gasteiger partial charge in [0.2, 0.25) is 0 Å². The molecule has 1 heterocycles. The van der Waals surface area contributed by atoms with Gasteiger partial charge >= 0.3 is 5.69 Å². The van der Waals surface area contributed by atoms with Crippen LogP contribution in [0.4, 0.5) is 0 Å². The summed E-state index contributed by atoms with van der Waals surface area (Å²) < 4.78 is 2.40. The number of halogens is 2. The minimum Gasteiger partial charge on any atom is -0.260 e. The van der Waals surface area contributed by atoms with Crippen molar-refractivity contribution in [1.82, 2.24) is 9.55 Å². The van der Waals surface area contributed by atoms with E-state index in [0.717, 1.165) is 26.6 Å². The molecule has 22 heavy (non-hydrogen) atoms. The van der Waals surface area contributed by atoms with E-state index in [1.807, 2.05) is 36.4 Å². The second-order valence-electron chi connectivity index (χ2n) is 5.41. The van der Waals surface area contributed by atoms with E-state index in [1.54, 1.807) is 10.8 Å². The molecule has 0 unspecified atom stereocenters. The van der Waals surface area contributed by atoms with Gasteiger partial charge in [-0.05, 0) is 45.6 Å². The lowest BCUT2D eigenvalue weighted by Crippen LogP contribution is -2.22.